The summed E-state index contributed by atoms with van der Waals surface area (Å²) in [5.41, 5.74) is 0.0242. The first-order valence-electron chi connectivity index (χ1n) is 6.28. The molecule has 1 atom stereocenters. The van der Waals surface area contributed by atoms with E-state index < -0.39 is 24.7 Å². The molecule has 1 unspecified atom stereocenters. The maximum atomic E-state index is 12.7. The van der Waals surface area contributed by atoms with Crippen LogP contribution in [0.3, 0.4) is 0 Å². The van der Waals surface area contributed by atoms with Crippen molar-refractivity contribution in [3.8, 4) is 0 Å². The van der Waals surface area contributed by atoms with Crippen LogP contribution in [0.2, 0.25) is 0 Å². The summed E-state index contributed by atoms with van der Waals surface area (Å²) in [6, 6.07) is 4.20. The lowest BCUT2D eigenvalue weighted by Gasteiger charge is -2.30. The lowest BCUT2D eigenvalue weighted by atomic mass is 10.1. The second-order valence-electron chi connectivity index (χ2n) is 4.97. The zero-order valence-corrected chi connectivity index (χ0v) is 12.4. The molecule has 1 aromatic rings. The fourth-order valence-electron chi connectivity index (χ4n) is 2.10. The van der Waals surface area contributed by atoms with Crippen LogP contribution in [0, 0.1) is 5.92 Å². The number of halogens is 4. The Morgan fingerprint density at radius 3 is 2.65 bits per heavy atom. The van der Waals surface area contributed by atoms with Crippen molar-refractivity contribution in [1.29, 1.82) is 0 Å². The van der Waals surface area contributed by atoms with E-state index in [-0.39, 0.29) is 11.6 Å². The van der Waals surface area contributed by atoms with Gasteiger partial charge in [0, 0.05) is 6.04 Å². The minimum atomic E-state index is -4.41. The standard InChI is InChI=1S/C13H14BrF3N2O/c1-8(9-5-6-9)19(7-13(15,16)17)12(20)10-3-2-4-11(14)18-10/h2-4,8-9H,5-7H2,1H3. The van der Waals surface area contributed by atoms with Gasteiger partial charge in [0.1, 0.15) is 16.8 Å². The van der Waals surface area contributed by atoms with E-state index in [2.05, 4.69) is 20.9 Å². The topological polar surface area (TPSA) is 33.2 Å². The Morgan fingerprint density at radius 2 is 2.15 bits per heavy atom. The van der Waals surface area contributed by atoms with Crippen LogP contribution in [0.5, 0.6) is 0 Å². The molecule has 1 aromatic heterocycles. The van der Waals surface area contributed by atoms with Gasteiger partial charge in [-0.05, 0) is 53.7 Å². The molecule has 1 aliphatic carbocycles. The van der Waals surface area contributed by atoms with E-state index in [4.69, 9.17) is 0 Å². The van der Waals surface area contributed by atoms with E-state index in [9.17, 15) is 18.0 Å². The van der Waals surface area contributed by atoms with E-state index >= 15 is 0 Å². The molecule has 1 fully saturated rings. The van der Waals surface area contributed by atoms with Crippen molar-refractivity contribution in [1.82, 2.24) is 9.88 Å². The van der Waals surface area contributed by atoms with Crippen molar-refractivity contribution in [2.45, 2.75) is 32.0 Å². The van der Waals surface area contributed by atoms with E-state index in [1.807, 2.05) is 0 Å². The van der Waals surface area contributed by atoms with E-state index in [0.717, 1.165) is 17.7 Å². The predicted octanol–water partition coefficient (Wildman–Crippen LogP) is 3.65. The van der Waals surface area contributed by atoms with Gasteiger partial charge in [-0.1, -0.05) is 6.07 Å². The average Bonchev–Trinajstić information content (AvgIpc) is 3.17. The third kappa shape index (κ3) is 3.94. The number of carbonyl (C=O) groups excluding carboxylic acids is 1. The predicted molar refractivity (Wildman–Crippen MR) is 71.2 cm³/mol. The van der Waals surface area contributed by atoms with Crippen molar-refractivity contribution in [3.05, 3.63) is 28.5 Å². The fourth-order valence-corrected chi connectivity index (χ4v) is 2.45. The van der Waals surface area contributed by atoms with E-state index in [1.54, 1.807) is 19.1 Å². The van der Waals surface area contributed by atoms with Gasteiger partial charge in [0.2, 0.25) is 0 Å². The molecular weight excluding hydrogens is 337 g/mol. The van der Waals surface area contributed by atoms with Gasteiger partial charge in [-0.2, -0.15) is 13.2 Å². The fraction of sp³-hybridized carbons (Fsp3) is 0.538. The molecule has 1 saturated carbocycles. The molecular formula is C13H14BrF3N2O. The highest BCUT2D eigenvalue weighted by molar-refractivity contribution is 9.10. The van der Waals surface area contributed by atoms with Crippen molar-refractivity contribution in [3.63, 3.8) is 0 Å². The number of aromatic nitrogens is 1. The number of alkyl halides is 3. The molecule has 0 N–H and O–H groups in total. The summed E-state index contributed by atoms with van der Waals surface area (Å²) in [4.78, 5) is 17.1. The smallest absolute Gasteiger partial charge is 0.325 e. The number of hydrogen-bond acceptors (Lipinski definition) is 2. The van der Waals surface area contributed by atoms with Crippen LogP contribution < -0.4 is 0 Å². The Labute approximate surface area is 123 Å². The van der Waals surface area contributed by atoms with Crippen LogP contribution in [-0.2, 0) is 0 Å². The van der Waals surface area contributed by atoms with Gasteiger partial charge in [0.25, 0.3) is 5.91 Å². The summed E-state index contributed by atoms with van der Waals surface area (Å²) in [5, 5.41) is 0. The molecule has 0 bridgehead atoms. The quantitative estimate of drug-likeness (QED) is 0.776. The Kier molecular flexibility index (Phi) is 4.36. The molecule has 1 heterocycles. The van der Waals surface area contributed by atoms with Crippen LogP contribution >= 0.6 is 15.9 Å². The monoisotopic (exact) mass is 350 g/mol. The molecule has 0 aromatic carbocycles. The van der Waals surface area contributed by atoms with Crippen molar-refractivity contribution >= 4 is 21.8 Å². The Hall–Kier alpha value is -1.11. The first-order chi connectivity index (χ1) is 9.28. The van der Waals surface area contributed by atoms with Crippen LogP contribution in [0.25, 0.3) is 0 Å². The van der Waals surface area contributed by atoms with Crippen LogP contribution in [0.15, 0.2) is 22.8 Å². The molecule has 1 amide bonds. The van der Waals surface area contributed by atoms with Crippen molar-refractivity contribution < 1.29 is 18.0 Å². The van der Waals surface area contributed by atoms with E-state index in [1.165, 1.54) is 6.07 Å². The molecule has 7 heteroatoms. The normalized spacial score (nSPS) is 16.9. The number of rotatable bonds is 4. The van der Waals surface area contributed by atoms with Crippen LogP contribution in [-0.4, -0.2) is 34.6 Å². The molecule has 20 heavy (non-hydrogen) atoms. The highest BCUT2D eigenvalue weighted by Gasteiger charge is 2.41. The molecule has 3 nitrogen and oxygen atoms in total. The molecule has 110 valence electrons. The average molecular weight is 351 g/mol. The SMILES string of the molecule is CC(C1CC1)N(CC(F)(F)F)C(=O)c1cccc(Br)n1. The molecule has 0 spiro atoms. The third-order valence-electron chi connectivity index (χ3n) is 3.34. The molecule has 0 radical (unpaired) electrons. The van der Waals surface area contributed by atoms with E-state index in [0.29, 0.717) is 4.60 Å². The number of amides is 1. The number of nitrogens with zero attached hydrogens (tertiary/aromatic N) is 2. The summed E-state index contributed by atoms with van der Waals surface area (Å²) in [6.07, 6.45) is -2.67. The Balaban J connectivity index is 2.23. The van der Waals surface area contributed by atoms with Gasteiger partial charge in [0.05, 0.1) is 0 Å². The number of hydrogen-bond donors (Lipinski definition) is 0. The number of pyridine rings is 1. The molecule has 0 aliphatic heterocycles. The zero-order valence-electron chi connectivity index (χ0n) is 10.8. The van der Waals surface area contributed by atoms with Gasteiger partial charge in [0.15, 0.2) is 0 Å². The minimum Gasteiger partial charge on any atom is -0.325 e. The largest absolute Gasteiger partial charge is 0.406 e. The Morgan fingerprint density at radius 1 is 1.50 bits per heavy atom. The minimum absolute atomic E-state index is 0.0242. The maximum Gasteiger partial charge on any atom is 0.406 e. The van der Waals surface area contributed by atoms with Crippen molar-refractivity contribution in [2.75, 3.05) is 6.54 Å². The van der Waals surface area contributed by atoms with Crippen molar-refractivity contribution in [2.24, 2.45) is 5.92 Å². The summed E-state index contributed by atoms with van der Waals surface area (Å²) in [5.74, 6) is -0.517. The highest BCUT2D eigenvalue weighted by Crippen LogP contribution is 2.36. The van der Waals surface area contributed by atoms with Gasteiger partial charge >= 0.3 is 6.18 Å². The number of carbonyl (C=O) groups is 1. The second kappa shape index (κ2) is 5.71. The van der Waals surface area contributed by atoms with Crippen LogP contribution in [0.4, 0.5) is 13.2 Å². The summed E-state index contributed by atoms with van der Waals surface area (Å²) >= 11 is 3.12. The molecule has 0 saturated heterocycles. The summed E-state index contributed by atoms with van der Waals surface area (Å²) < 4.78 is 38.5. The van der Waals surface area contributed by atoms with Gasteiger partial charge < -0.3 is 4.90 Å². The lowest BCUT2D eigenvalue weighted by molar-refractivity contribution is -0.144. The summed E-state index contributed by atoms with van der Waals surface area (Å²) in [7, 11) is 0. The first-order valence-corrected chi connectivity index (χ1v) is 7.07. The first kappa shape index (κ1) is 15.3. The third-order valence-corrected chi connectivity index (χ3v) is 3.78. The lowest BCUT2D eigenvalue weighted by Crippen LogP contribution is -2.45. The summed E-state index contributed by atoms with van der Waals surface area (Å²) in [6.45, 7) is 0.428. The zero-order chi connectivity index (χ0) is 14.9. The van der Waals surface area contributed by atoms with Gasteiger partial charge in [-0.15, -0.1) is 0 Å². The molecule has 2 rings (SSSR count). The maximum absolute atomic E-state index is 12.7. The Bertz CT molecular complexity index is 503. The second-order valence-corrected chi connectivity index (χ2v) is 5.78. The van der Waals surface area contributed by atoms with Crippen LogP contribution in [0.1, 0.15) is 30.3 Å². The van der Waals surface area contributed by atoms with Gasteiger partial charge in [-0.25, -0.2) is 4.98 Å². The van der Waals surface area contributed by atoms with Gasteiger partial charge in [-0.3, -0.25) is 4.79 Å². The molecule has 1 aliphatic rings. The highest BCUT2D eigenvalue weighted by atomic mass is 79.9.